The molecule has 0 radical (unpaired) electrons. The average Bonchev–Trinajstić information content (AvgIpc) is 2.17. The zero-order chi connectivity index (χ0) is 12.2. The van der Waals surface area contributed by atoms with Crippen molar-refractivity contribution in [2.24, 2.45) is 5.92 Å². The third-order valence-corrected chi connectivity index (χ3v) is 3.12. The molecule has 0 aromatic carbocycles. The molecule has 16 heavy (non-hydrogen) atoms. The number of carbonyl (C=O) groups is 2. The van der Waals surface area contributed by atoms with E-state index in [1.807, 2.05) is 6.92 Å². The van der Waals surface area contributed by atoms with Gasteiger partial charge >= 0.3 is 5.97 Å². The molecule has 4 heteroatoms. The third-order valence-electron chi connectivity index (χ3n) is 3.12. The fourth-order valence-electron chi connectivity index (χ4n) is 2.36. The molecule has 90 valence electrons. The lowest BCUT2D eigenvalue weighted by Gasteiger charge is -2.37. The lowest BCUT2D eigenvalue weighted by molar-refractivity contribution is -0.149. The number of aliphatic carboxylic acids is 1. The van der Waals surface area contributed by atoms with Crippen molar-refractivity contribution in [3.05, 3.63) is 12.7 Å². The van der Waals surface area contributed by atoms with E-state index in [4.69, 9.17) is 0 Å². The quantitative estimate of drug-likeness (QED) is 0.716. The predicted octanol–water partition coefficient (Wildman–Crippen LogP) is 1.71. The normalized spacial score (nSPS) is 29.4. The first-order valence-corrected chi connectivity index (χ1v) is 5.65. The SMILES string of the molecule is C=CCC(=O)NC1(C(=O)O)CCCC(C)C1. The Morgan fingerprint density at radius 1 is 1.62 bits per heavy atom. The van der Waals surface area contributed by atoms with Gasteiger partial charge in [-0.2, -0.15) is 0 Å². The van der Waals surface area contributed by atoms with Gasteiger partial charge in [-0.15, -0.1) is 6.58 Å². The monoisotopic (exact) mass is 225 g/mol. The van der Waals surface area contributed by atoms with Crippen LogP contribution in [0.4, 0.5) is 0 Å². The van der Waals surface area contributed by atoms with Gasteiger partial charge in [0.2, 0.25) is 5.91 Å². The number of carboxylic acids is 1. The van der Waals surface area contributed by atoms with Gasteiger partial charge in [-0.05, 0) is 18.8 Å². The fourth-order valence-corrected chi connectivity index (χ4v) is 2.36. The molecule has 1 aliphatic rings. The molecule has 0 aliphatic heterocycles. The molecule has 0 spiro atoms. The van der Waals surface area contributed by atoms with Crippen molar-refractivity contribution < 1.29 is 14.7 Å². The van der Waals surface area contributed by atoms with Gasteiger partial charge in [0.05, 0.1) is 0 Å². The van der Waals surface area contributed by atoms with E-state index in [0.29, 0.717) is 18.8 Å². The zero-order valence-corrected chi connectivity index (χ0v) is 9.66. The van der Waals surface area contributed by atoms with Crippen LogP contribution in [0.5, 0.6) is 0 Å². The second-order valence-corrected chi connectivity index (χ2v) is 4.63. The van der Waals surface area contributed by atoms with Crippen molar-refractivity contribution >= 4 is 11.9 Å². The van der Waals surface area contributed by atoms with Crippen molar-refractivity contribution in [3.63, 3.8) is 0 Å². The van der Waals surface area contributed by atoms with E-state index in [9.17, 15) is 14.7 Å². The van der Waals surface area contributed by atoms with Crippen LogP contribution < -0.4 is 5.32 Å². The minimum Gasteiger partial charge on any atom is -0.480 e. The summed E-state index contributed by atoms with van der Waals surface area (Å²) in [5, 5.41) is 11.9. The summed E-state index contributed by atoms with van der Waals surface area (Å²) < 4.78 is 0. The highest BCUT2D eigenvalue weighted by atomic mass is 16.4. The Bertz CT molecular complexity index is 301. The summed E-state index contributed by atoms with van der Waals surface area (Å²) in [5.41, 5.74) is -1.06. The van der Waals surface area contributed by atoms with Gasteiger partial charge in [0.25, 0.3) is 0 Å². The van der Waals surface area contributed by atoms with Crippen molar-refractivity contribution in [1.29, 1.82) is 0 Å². The van der Waals surface area contributed by atoms with Crippen LogP contribution in [0.25, 0.3) is 0 Å². The zero-order valence-electron chi connectivity index (χ0n) is 9.66. The van der Waals surface area contributed by atoms with E-state index in [0.717, 1.165) is 12.8 Å². The number of rotatable bonds is 4. The molecule has 0 aromatic rings. The molecule has 1 amide bonds. The molecule has 1 fully saturated rings. The van der Waals surface area contributed by atoms with Crippen molar-refractivity contribution in [2.75, 3.05) is 0 Å². The minimum absolute atomic E-state index is 0.170. The van der Waals surface area contributed by atoms with Crippen LogP contribution in [-0.2, 0) is 9.59 Å². The van der Waals surface area contributed by atoms with Crippen LogP contribution in [-0.4, -0.2) is 22.5 Å². The topological polar surface area (TPSA) is 66.4 Å². The summed E-state index contributed by atoms with van der Waals surface area (Å²) in [7, 11) is 0. The van der Waals surface area contributed by atoms with Crippen LogP contribution >= 0.6 is 0 Å². The summed E-state index contributed by atoms with van der Waals surface area (Å²) in [6, 6.07) is 0. The molecule has 2 N–H and O–H groups in total. The maximum absolute atomic E-state index is 11.5. The Morgan fingerprint density at radius 2 is 2.31 bits per heavy atom. The molecule has 0 aromatic heterocycles. The predicted molar refractivity (Wildman–Crippen MR) is 61.0 cm³/mol. The highest BCUT2D eigenvalue weighted by Crippen LogP contribution is 2.32. The number of hydrogen-bond acceptors (Lipinski definition) is 2. The lowest BCUT2D eigenvalue weighted by Crippen LogP contribution is -2.56. The van der Waals surface area contributed by atoms with Crippen LogP contribution in [0.2, 0.25) is 0 Å². The summed E-state index contributed by atoms with van der Waals surface area (Å²) in [5.74, 6) is -0.836. The Kier molecular flexibility index (Phi) is 4.10. The van der Waals surface area contributed by atoms with E-state index in [-0.39, 0.29) is 12.3 Å². The molecule has 4 nitrogen and oxygen atoms in total. The van der Waals surface area contributed by atoms with Crippen molar-refractivity contribution in [1.82, 2.24) is 5.32 Å². The van der Waals surface area contributed by atoms with E-state index in [1.54, 1.807) is 0 Å². The van der Waals surface area contributed by atoms with Crippen LogP contribution in [0.3, 0.4) is 0 Å². The summed E-state index contributed by atoms with van der Waals surface area (Å²) in [4.78, 5) is 22.8. The number of amides is 1. The fraction of sp³-hybridized carbons (Fsp3) is 0.667. The standard InChI is InChI=1S/C12H19NO3/c1-3-5-10(14)13-12(11(15)16)7-4-6-9(2)8-12/h3,9H,1,4-8H2,2H3,(H,13,14)(H,15,16). The first kappa shape index (κ1) is 12.7. The lowest BCUT2D eigenvalue weighted by atomic mass is 9.76. The molecular weight excluding hydrogens is 206 g/mol. The van der Waals surface area contributed by atoms with Gasteiger partial charge in [0.1, 0.15) is 5.54 Å². The van der Waals surface area contributed by atoms with E-state index in [2.05, 4.69) is 11.9 Å². The number of nitrogens with one attached hydrogen (secondary N) is 1. The highest BCUT2D eigenvalue weighted by Gasteiger charge is 2.42. The molecule has 1 rings (SSSR count). The van der Waals surface area contributed by atoms with Crippen LogP contribution in [0.1, 0.15) is 39.0 Å². The van der Waals surface area contributed by atoms with E-state index >= 15 is 0 Å². The van der Waals surface area contributed by atoms with Crippen molar-refractivity contribution in [2.45, 2.75) is 44.6 Å². The van der Waals surface area contributed by atoms with Crippen molar-refractivity contribution in [3.8, 4) is 0 Å². The smallest absolute Gasteiger partial charge is 0.329 e. The van der Waals surface area contributed by atoms with Crippen LogP contribution in [0.15, 0.2) is 12.7 Å². The van der Waals surface area contributed by atoms with Gasteiger partial charge in [0.15, 0.2) is 0 Å². The van der Waals surface area contributed by atoms with Gasteiger partial charge in [-0.3, -0.25) is 4.79 Å². The number of carbonyl (C=O) groups excluding carboxylic acids is 1. The second-order valence-electron chi connectivity index (χ2n) is 4.63. The van der Waals surface area contributed by atoms with Gasteiger partial charge in [0, 0.05) is 6.42 Å². The molecule has 1 saturated carbocycles. The molecule has 2 unspecified atom stereocenters. The average molecular weight is 225 g/mol. The second kappa shape index (κ2) is 5.14. The highest BCUT2D eigenvalue weighted by molar-refractivity contribution is 5.87. The maximum Gasteiger partial charge on any atom is 0.329 e. The first-order chi connectivity index (χ1) is 7.50. The van der Waals surface area contributed by atoms with Gasteiger partial charge < -0.3 is 10.4 Å². The molecule has 0 heterocycles. The summed E-state index contributed by atoms with van der Waals surface area (Å²) >= 11 is 0. The largest absolute Gasteiger partial charge is 0.480 e. The Balaban J connectivity index is 2.76. The Labute approximate surface area is 95.7 Å². The molecule has 0 bridgehead atoms. The number of carboxylic acid groups (broad SMARTS) is 1. The summed E-state index contributed by atoms with van der Waals surface area (Å²) in [6.45, 7) is 5.49. The van der Waals surface area contributed by atoms with E-state index < -0.39 is 11.5 Å². The first-order valence-electron chi connectivity index (χ1n) is 5.65. The van der Waals surface area contributed by atoms with E-state index in [1.165, 1.54) is 6.08 Å². The molecule has 1 aliphatic carbocycles. The Hall–Kier alpha value is -1.32. The van der Waals surface area contributed by atoms with Crippen LogP contribution in [0, 0.1) is 5.92 Å². The number of hydrogen-bond donors (Lipinski definition) is 2. The molecule has 0 saturated heterocycles. The Morgan fingerprint density at radius 3 is 2.81 bits per heavy atom. The maximum atomic E-state index is 11.5. The van der Waals surface area contributed by atoms with Gasteiger partial charge in [-0.25, -0.2) is 4.79 Å². The molecular formula is C12H19NO3. The minimum atomic E-state index is -1.06. The third kappa shape index (κ3) is 2.84. The molecule has 2 atom stereocenters. The van der Waals surface area contributed by atoms with Gasteiger partial charge in [-0.1, -0.05) is 25.8 Å². The summed E-state index contributed by atoms with van der Waals surface area (Å²) in [6.07, 6.45) is 4.58.